The summed E-state index contributed by atoms with van der Waals surface area (Å²) >= 11 is 0. The predicted molar refractivity (Wildman–Crippen MR) is 123 cm³/mol. The molecule has 1 unspecified atom stereocenters. The molecule has 0 spiro atoms. The number of benzene rings is 3. The SMILES string of the molecule is OC[C@@H]1OC(O)[C@@H](OCc2ccccc2)[C@@H](OCc2ccccc2)[C@@H]1OCc1ccccc1. The number of rotatable bonds is 10. The smallest absolute Gasteiger partial charge is 0.184 e. The van der Waals surface area contributed by atoms with Crippen molar-refractivity contribution in [2.75, 3.05) is 6.61 Å². The molecule has 0 radical (unpaired) electrons. The summed E-state index contributed by atoms with van der Waals surface area (Å²) in [7, 11) is 0. The van der Waals surface area contributed by atoms with Crippen LogP contribution in [-0.2, 0) is 38.8 Å². The molecule has 1 aliphatic heterocycles. The van der Waals surface area contributed by atoms with E-state index >= 15 is 0 Å². The second-order valence-electron chi connectivity index (χ2n) is 8.03. The molecule has 6 heteroatoms. The monoisotopic (exact) mass is 450 g/mol. The molecule has 2 N–H and O–H groups in total. The lowest BCUT2D eigenvalue weighted by atomic mass is 9.98. The van der Waals surface area contributed by atoms with Crippen molar-refractivity contribution >= 4 is 0 Å². The minimum Gasteiger partial charge on any atom is -0.394 e. The fourth-order valence-corrected chi connectivity index (χ4v) is 3.91. The Morgan fingerprint density at radius 2 is 0.970 bits per heavy atom. The van der Waals surface area contributed by atoms with Gasteiger partial charge in [0.05, 0.1) is 26.4 Å². The van der Waals surface area contributed by atoms with Gasteiger partial charge in [-0.2, -0.15) is 0 Å². The molecule has 5 atom stereocenters. The molecular weight excluding hydrogens is 420 g/mol. The van der Waals surface area contributed by atoms with Crippen molar-refractivity contribution in [3.8, 4) is 0 Å². The minimum atomic E-state index is -1.26. The normalized spacial score (nSPS) is 25.1. The Balaban J connectivity index is 1.53. The van der Waals surface area contributed by atoms with E-state index in [0.717, 1.165) is 16.7 Å². The van der Waals surface area contributed by atoms with E-state index in [2.05, 4.69) is 0 Å². The van der Waals surface area contributed by atoms with Gasteiger partial charge in [0.1, 0.15) is 24.4 Å². The van der Waals surface area contributed by atoms with Crippen molar-refractivity contribution in [1.82, 2.24) is 0 Å². The summed E-state index contributed by atoms with van der Waals surface area (Å²) in [6, 6.07) is 29.3. The molecule has 0 amide bonds. The summed E-state index contributed by atoms with van der Waals surface area (Å²) in [6.45, 7) is 0.601. The molecule has 1 heterocycles. The van der Waals surface area contributed by atoms with Crippen molar-refractivity contribution in [3.63, 3.8) is 0 Å². The average molecular weight is 451 g/mol. The van der Waals surface area contributed by atoms with Gasteiger partial charge in [0.2, 0.25) is 0 Å². The van der Waals surface area contributed by atoms with Crippen LogP contribution in [0.5, 0.6) is 0 Å². The van der Waals surface area contributed by atoms with Crippen LogP contribution < -0.4 is 0 Å². The number of hydrogen-bond acceptors (Lipinski definition) is 6. The van der Waals surface area contributed by atoms with Gasteiger partial charge in [-0.05, 0) is 16.7 Å². The molecule has 0 aliphatic carbocycles. The van der Waals surface area contributed by atoms with Gasteiger partial charge in [-0.25, -0.2) is 0 Å². The van der Waals surface area contributed by atoms with E-state index in [1.807, 2.05) is 91.0 Å². The molecule has 0 aromatic heterocycles. The zero-order valence-electron chi connectivity index (χ0n) is 18.4. The third-order valence-electron chi connectivity index (χ3n) is 5.65. The largest absolute Gasteiger partial charge is 0.394 e. The van der Waals surface area contributed by atoms with Crippen LogP contribution in [-0.4, -0.2) is 47.5 Å². The zero-order valence-corrected chi connectivity index (χ0v) is 18.4. The van der Waals surface area contributed by atoms with Crippen LogP contribution in [0.4, 0.5) is 0 Å². The lowest BCUT2D eigenvalue weighted by Crippen LogP contribution is -2.61. The first-order valence-corrected chi connectivity index (χ1v) is 11.2. The highest BCUT2D eigenvalue weighted by atomic mass is 16.7. The van der Waals surface area contributed by atoms with Crippen LogP contribution in [0.25, 0.3) is 0 Å². The highest BCUT2D eigenvalue weighted by molar-refractivity contribution is 5.15. The maximum atomic E-state index is 10.7. The molecule has 174 valence electrons. The third kappa shape index (κ3) is 6.48. The maximum absolute atomic E-state index is 10.7. The van der Waals surface area contributed by atoms with Crippen LogP contribution in [0.15, 0.2) is 91.0 Å². The van der Waals surface area contributed by atoms with Crippen LogP contribution in [0.3, 0.4) is 0 Å². The fourth-order valence-electron chi connectivity index (χ4n) is 3.91. The van der Waals surface area contributed by atoms with E-state index in [9.17, 15) is 10.2 Å². The zero-order chi connectivity index (χ0) is 22.9. The Kier molecular flexibility index (Phi) is 8.60. The van der Waals surface area contributed by atoms with Gasteiger partial charge in [-0.1, -0.05) is 91.0 Å². The van der Waals surface area contributed by atoms with Gasteiger partial charge in [0.25, 0.3) is 0 Å². The topological polar surface area (TPSA) is 77.4 Å². The van der Waals surface area contributed by atoms with Crippen LogP contribution in [0.2, 0.25) is 0 Å². The van der Waals surface area contributed by atoms with Crippen LogP contribution >= 0.6 is 0 Å². The first-order chi connectivity index (χ1) is 16.2. The first kappa shape index (κ1) is 23.6. The molecule has 1 saturated heterocycles. The van der Waals surface area contributed by atoms with Crippen molar-refractivity contribution in [3.05, 3.63) is 108 Å². The van der Waals surface area contributed by atoms with E-state index in [1.165, 1.54) is 0 Å². The maximum Gasteiger partial charge on any atom is 0.184 e. The summed E-state index contributed by atoms with van der Waals surface area (Å²) in [5.41, 5.74) is 2.95. The summed E-state index contributed by atoms with van der Waals surface area (Å²) < 4.78 is 24.3. The second kappa shape index (κ2) is 12.0. The van der Waals surface area contributed by atoms with Gasteiger partial charge >= 0.3 is 0 Å². The average Bonchev–Trinajstić information content (AvgIpc) is 2.87. The van der Waals surface area contributed by atoms with Gasteiger partial charge in [-0.15, -0.1) is 0 Å². The highest BCUT2D eigenvalue weighted by Crippen LogP contribution is 2.29. The van der Waals surface area contributed by atoms with E-state index in [4.69, 9.17) is 18.9 Å². The highest BCUT2D eigenvalue weighted by Gasteiger charge is 2.47. The number of ether oxygens (including phenoxy) is 4. The quantitative estimate of drug-likeness (QED) is 0.493. The van der Waals surface area contributed by atoms with Gasteiger partial charge < -0.3 is 29.2 Å². The molecular formula is C27H30O6. The number of hydrogen-bond donors (Lipinski definition) is 2. The van der Waals surface area contributed by atoms with Crippen LogP contribution in [0, 0.1) is 0 Å². The standard InChI is InChI=1S/C27H30O6/c28-16-23-24(30-17-20-10-4-1-5-11-20)25(31-18-21-12-6-2-7-13-21)26(27(29)33-23)32-19-22-14-8-3-9-15-22/h1-15,23-29H,16-19H2/t23-,24+,25-,26-,27?/m0/s1. The summed E-state index contributed by atoms with van der Waals surface area (Å²) in [5, 5.41) is 20.7. The van der Waals surface area contributed by atoms with E-state index in [1.54, 1.807) is 0 Å². The lowest BCUT2D eigenvalue weighted by molar-refractivity contribution is -0.315. The Hall–Kier alpha value is -2.58. The summed E-state index contributed by atoms with van der Waals surface area (Å²) in [4.78, 5) is 0. The third-order valence-corrected chi connectivity index (χ3v) is 5.65. The molecule has 4 rings (SSSR count). The Morgan fingerprint density at radius 3 is 1.39 bits per heavy atom. The summed E-state index contributed by atoms with van der Waals surface area (Å²) in [6.07, 6.45) is -4.09. The molecule has 0 saturated carbocycles. The molecule has 6 nitrogen and oxygen atoms in total. The van der Waals surface area contributed by atoms with Gasteiger partial charge in [0, 0.05) is 0 Å². The molecule has 3 aromatic rings. The van der Waals surface area contributed by atoms with Gasteiger partial charge in [0.15, 0.2) is 6.29 Å². The Labute approximate surface area is 194 Å². The molecule has 0 bridgehead atoms. The molecule has 1 fully saturated rings. The molecule has 3 aromatic carbocycles. The van der Waals surface area contributed by atoms with E-state index in [-0.39, 0.29) is 13.2 Å². The fraction of sp³-hybridized carbons (Fsp3) is 0.333. The predicted octanol–water partition coefficient (Wildman–Crippen LogP) is 3.45. The van der Waals surface area contributed by atoms with E-state index in [0.29, 0.717) is 13.2 Å². The van der Waals surface area contributed by atoms with Crippen molar-refractivity contribution in [1.29, 1.82) is 0 Å². The minimum absolute atomic E-state index is 0.284. The molecule has 1 aliphatic rings. The van der Waals surface area contributed by atoms with Crippen LogP contribution in [0.1, 0.15) is 16.7 Å². The number of aliphatic hydroxyl groups excluding tert-OH is 2. The van der Waals surface area contributed by atoms with Crippen molar-refractivity contribution in [2.45, 2.75) is 50.5 Å². The number of aliphatic hydroxyl groups is 2. The molecule has 33 heavy (non-hydrogen) atoms. The summed E-state index contributed by atoms with van der Waals surface area (Å²) in [5.74, 6) is 0. The van der Waals surface area contributed by atoms with E-state index < -0.39 is 30.7 Å². The lowest BCUT2D eigenvalue weighted by Gasteiger charge is -2.44. The second-order valence-corrected chi connectivity index (χ2v) is 8.03. The van der Waals surface area contributed by atoms with Gasteiger partial charge in [-0.3, -0.25) is 0 Å². The Bertz CT molecular complexity index is 937. The Morgan fingerprint density at radius 1 is 0.576 bits per heavy atom. The van der Waals surface area contributed by atoms with Crippen molar-refractivity contribution in [2.24, 2.45) is 0 Å². The van der Waals surface area contributed by atoms with Crippen molar-refractivity contribution < 1.29 is 29.2 Å². The first-order valence-electron chi connectivity index (χ1n) is 11.2.